The highest BCUT2D eigenvalue weighted by molar-refractivity contribution is 6.07. The number of fused-ring (bicyclic) bond motifs is 1. The number of methoxy groups -OCH3 is 1. The summed E-state index contributed by atoms with van der Waals surface area (Å²) in [4.78, 5) is 18.0. The van der Waals surface area contributed by atoms with Crippen LogP contribution in [0.1, 0.15) is 81.0 Å². The first kappa shape index (κ1) is 24.1. The van der Waals surface area contributed by atoms with Gasteiger partial charge >= 0.3 is 5.97 Å². The van der Waals surface area contributed by atoms with Crippen molar-refractivity contribution in [2.75, 3.05) is 44.9 Å². The number of benzene rings is 1. The van der Waals surface area contributed by atoms with Gasteiger partial charge in [-0.2, -0.15) is 0 Å². The van der Waals surface area contributed by atoms with Crippen LogP contribution < -0.4 is 4.90 Å². The van der Waals surface area contributed by atoms with Gasteiger partial charge in [0, 0.05) is 54.9 Å². The SMILES string of the molecule is CCc1c(N(CC)C2CCOCC2)cc2oc(C3CCN(C(C)C)CC3)cc2c1C(=O)OC. The summed E-state index contributed by atoms with van der Waals surface area (Å²) in [6.45, 7) is 13.5. The van der Waals surface area contributed by atoms with Crippen molar-refractivity contribution in [1.82, 2.24) is 4.90 Å². The van der Waals surface area contributed by atoms with Crippen LogP contribution in [0.4, 0.5) is 5.69 Å². The van der Waals surface area contributed by atoms with E-state index in [-0.39, 0.29) is 5.97 Å². The van der Waals surface area contributed by atoms with E-state index in [1.165, 1.54) is 7.11 Å². The van der Waals surface area contributed by atoms with Crippen LogP contribution >= 0.6 is 0 Å². The molecule has 0 saturated carbocycles. The lowest BCUT2D eigenvalue weighted by atomic mass is 9.92. The van der Waals surface area contributed by atoms with Crippen molar-refractivity contribution >= 4 is 22.6 Å². The zero-order valence-corrected chi connectivity index (χ0v) is 21.0. The minimum absolute atomic E-state index is 0.274. The van der Waals surface area contributed by atoms with Gasteiger partial charge in [0.05, 0.1) is 12.7 Å². The Labute approximate surface area is 198 Å². The highest BCUT2D eigenvalue weighted by atomic mass is 16.5. The maximum Gasteiger partial charge on any atom is 0.338 e. The van der Waals surface area contributed by atoms with Gasteiger partial charge in [0.25, 0.3) is 0 Å². The van der Waals surface area contributed by atoms with Gasteiger partial charge in [-0.3, -0.25) is 0 Å². The van der Waals surface area contributed by atoms with E-state index in [1.807, 2.05) is 0 Å². The lowest BCUT2D eigenvalue weighted by molar-refractivity contribution is 0.0601. The number of carbonyl (C=O) groups is 1. The average Bonchev–Trinajstić information content (AvgIpc) is 3.27. The second-order valence-electron chi connectivity index (χ2n) is 9.69. The summed E-state index contributed by atoms with van der Waals surface area (Å²) in [6, 6.07) is 5.27. The van der Waals surface area contributed by atoms with E-state index in [9.17, 15) is 4.79 Å². The zero-order chi connectivity index (χ0) is 23.5. The molecule has 0 aliphatic carbocycles. The standard InChI is InChI=1S/C27H40N2O4/c1-6-21-23(29(7-2)20-10-14-32-15-11-20)17-25-22(26(21)27(30)31-5)16-24(33-25)19-8-12-28(13-9-19)18(3)4/h16-20H,6-15H2,1-5H3. The first-order valence-corrected chi connectivity index (χ1v) is 12.7. The second kappa shape index (κ2) is 10.5. The van der Waals surface area contributed by atoms with Crippen molar-refractivity contribution in [2.24, 2.45) is 0 Å². The Morgan fingerprint density at radius 1 is 1.15 bits per heavy atom. The van der Waals surface area contributed by atoms with E-state index < -0.39 is 0 Å². The van der Waals surface area contributed by atoms with Gasteiger partial charge in [-0.15, -0.1) is 0 Å². The summed E-state index contributed by atoms with van der Waals surface area (Å²) in [7, 11) is 1.47. The number of carbonyl (C=O) groups excluding carboxylic acids is 1. The number of furan rings is 1. The quantitative estimate of drug-likeness (QED) is 0.522. The molecule has 2 fully saturated rings. The summed E-state index contributed by atoms with van der Waals surface area (Å²) in [5.74, 6) is 1.12. The lowest BCUT2D eigenvalue weighted by Crippen LogP contribution is -2.40. The molecule has 2 saturated heterocycles. The molecule has 2 aromatic rings. The molecule has 3 heterocycles. The first-order chi connectivity index (χ1) is 16.0. The molecule has 0 atom stereocenters. The molecule has 2 aliphatic heterocycles. The molecule has 0 spiro atoms. The molecular weight excluding hydrogens is 416 g/mol. The molecule has 182 valence electrons. The van der Waals surface area contributed by atoms with Crippen molar-refractivity contribution < 1.29 is 18.7 Å². The number of ether oxygens (including phenoxy) is 2. The fraction of sp³-hybridized carbons (Fsp3) is 0.667. The van der Waals surface area contributed by atoms with Crippen molar-refractivity contribution in [3.63, 3.8) is 0 Å². The van der Waals surface area contributed by atoms with Crippen LogP contribution in [0.5, 0.6) is 0 Å². The highest BCUT2D eigenvalue weighted by Crippen LogP contribution is 2.39. The molecule has 33 heavy (non-hydrogen) atoms. The third kappa shape index (κ3) is 4.78. The number of nitrogens with zero attached hydrogens (tertiary/aromatic N) is 2. The van der Waals surface area contributed by atoms with E-state index >= 15 is 0 Å². The van der Waals surface area contributed by atoms with Crippen molar-refractivity contribution in [3.8, 4) is 0 Å². The summed E-state index contributed by atoms with van der Waals surface area (Å²) in [6.07, 6.45) is 4.94. The number of hydrogen-bond donors (Lipinski definition) is 0. The van der Waals surface area contributed by atoms with Crippen LogP contribution in [0.2, 0.25) is 0 Å². The Bertz CT molecular complexity index is 953. The summed E-state index contributed by atoms with van der Waals surface area (Å²) in [5, 5.41) is 0.895. The molecule has 6 nitrogen and oxygen atoms in total. The largest absolute Gasteiger partial charge is 0.465 e. The van der Waals surface area contributed by atoms with Crippen LogP contribution in [0.3, 0.4) is 0 Å². The predicted molar refractivity (Wildman–Crippen MR) is 132 cm³/mol. The Balaban J connectivity index is 1.77. The smallest absolute Gasteiger partial charge is 0.338 e. The molecule has 6 heteroatoms. The molecule has 0 radical (unpaired) electrons. The molecule has 4 rings (SSSR count). The monoisotopic (exact) mass is 456 g/mol. The van der Waals surface area contributed by atoms with Crippen LogP contribution in [-0.4, -0.2) is 62.9 Å². The Kier molecular flexibility index (Phi) is 7.65. The van der Waals surface area contributed by atoms with Gasteiger partial charge < -0.3 is 23.7 Å². The third-order valence-corrected chi connectivity index (χ3v) is 7.61. The molecule has 0 unspecified atom stereocenters. The number of rotatable bonds is 7. The minimum Gasteiger partial charge on any atom is -0.465 e. The van der Waals surface area contributed by atoms with Crippen molar-refractivity contribution in [1.29, 1.82) is 0 Å². The van der Waals surface area contributed by atoms with Crippen molar-refractivity contribution in [3.05, 3.63) is 29.0 Å². The maximum absolute atomic E-state index is 13.0. The van der Waals surface area contributed by atoms with Gasteiger partial charge in [-0.1, -0.05) is 6.92 Å². The number of likely N-dealkylation sites (tertiary alicyclic amines) is 1. The zero-order valence-electron chi connectivity index (χ0n) is 21.0. The third-order valence-electron chi connectivity index (χ3n) is 7.61. The maximum atomic E-state index is 13.0. The topological polar surface area (TPSA) is 55.2 Å². The molecule has 0 N–H and O–H groups in total. The molecule has 1 aromatic carbocycles. The molecule has 0 amide bonds. The van der Waals surface area contributed by atoms with E-state index in [2.05, 4.69) is 49.6 Å². The van der Waals surface area contributed by atoms with E-state index in [4.69, 9.17) is 13.9 Å². The second-order valence-corrected chi connectivity index (χ2v) is 9.69. The van der Waals surface area contributed by atoms with Gasteiger partial charge in [0.15, 0.2) is 0 Å². The number of piperidine rings is 1. The van der Waals surface area contributed by atoms with Crippen LogP contribution in [0.15, 0.2) is 16.5 Å². The highest BCUT2D eigenvalue weighted by Gasteiger charge is 2.30. The van der Waals surface area contributed by atoms with Crippen LogP contribution in [-0.2, 0) is 15.9 Å². The fourth-order valence-electron chi connectivity index (χ4n) is 5.70. The Hall–Kier alpha value is -2.05. The summed E-state index contributed by atoms with van der Waals surface area (Å²) >= 11 is 0. The van der Waals surface area contributed by atoms with Gasteiger partial charge in [-0.05, 0) is 77.6 Å². The lowest BCUT2D eigenvalue weighted by Gasteiger charge is -2.36. The number of anilines is 1. The number of esters is 1. The van der Waals surface area contributed by atoms with E-state index in [1.54, 1.807) is 0 Å². The van der Waals surface area contributed by atoms with Crippen molar-refractivity contribution in [2.45, 2.75) is 77.8 Å². The average molecular weight is 457 g/mol. The summed E-state index contributed by atoms with van der Waals surface area (Å²) < 4.78 is 17.4. The fourth-order valence-corrected chi connectivity index (χ4v) is 5.70. The number of hydrogen-bond acceptors (Lipinski definition) is 6. The van der Waals surface area contributed by atoms with Gasteiger partial charge in [0.2, 0.25) is 0 Å². The Morgan fingerprint density at radius 3 is 2.42 bits per heavy atom. The Morgan fingerprint density at radius 2 is 1.85 bits per heavy atom. The van der Waals surface area contributed by atoms with E-state index in [0.29, 0.717) is 23.6 Å². The van der Waals surface area contributed by atoms with Crippen LogP contribution in [0.25, 0.3) is 11.0 Å². The van der Waals surface area contributed by atoms with Crippen LogP contribution in [0, 0.1) is 0 Å². The minimum atomic E-state index is -0.274. The van der Waals surface area contributed by atoms with Gasteiger partial charge in [0.1, 0.15) is 11.3 Å². The van der Waals surface area contributed by atoms with E-state index in [0.717, 1.165) is 92.9 Å². The summed E-state index contributed by atoms with van der Waals surface area (Å²) in [5.41, 5.74) is 3.64. The molecule has 1 aromatic heterocycles. The molecular formula is C27H40N2O4. The first-order valence-electron chi connectivity index (χ1n) is 12.7. The normalized spacial score (nSPS) is 18.8. The molecule has 2 aliphatic rings. The molecule has 0 bridgehead atoms. The van der Waals surface area contributed by atoms with Gasteiger partial charge in [-0.25, -0.2) is 4.79 Å². The predicted octanol–water partition coefficient (Wildman–Crippen LogP) is 5.37.